The molecule has 6 heteroatoms. The molecule has 0 spiro atoms. The average molecular weight is 180 g/mol. The first kappa shape index (κ1) is 8.98. The Balaban J connectivity index is 3.20. The third kappa shape index (κ3) is 2.16. The Morgan fingerprint density at radius 1 is 1.54 bits per heavy atom. The first-order valence-corrected chi connectivity index (χ1v) is 3.38. The van der Waals surface area contributed by atoms with Gasteiger partial charge in [0.15, 0.2) is 5.96 Å². The van der Waals surface area contributed by atoms with E-state index in [0.29, 0.717) is 0 Å². The molecule has 0 radical (unpaired) electrons. The maximum Gasteiger partial charge on any atom is 0.338 e. The topological polar surface area (TPSA) is 115 Å². The minimum Gasteiger partial charge on any atom is -0.478 e. The van der Waals surface area contributed by atoms with E-state index in [1.807, 2.05) is 0 Å². The molecule has 6 nitrogen and oxygen atoms in total. The van der Waals surface area contributed by atoms with Crippen LogP contribution in [0.1, 0.15) is 10.4 Å². The van der Waals surface area contributed by atoms with E-state index in [1.54, 1.807) is 0 Å². The van der Waals surface area contributed by atoms with E-state index in [0.717, 1.165) is 0 Å². The normalized spacial score (nSPS) is 9.23. The first-order valence-electron chi connectivity index (χ1n) is 3.38. The Hall–Kier alpha value is -2.11. The van der Waals surface area contributed by atoms with Gasteiger partial charge in [0, 0.05) is 6.20 Å². The van der Waals surface area contributed by atoms with Crippen molar-refractivity contribution in [1.29, 1.82) is 0 Å². The highest BCUT2D eigenvalue weighted by Gasteiger charge is 2.08. The number of aromatic nitrogens is 1. The number of carboxylic acid groups (broad SMARTS) is 1. The maximum atomic E-state index is 10.6. The molecule has 13 heavy (non-hydrogen) atoms. The smallest absolute Gasteiger partial charge is 0.338 e. The van der Waals surface area contributed by atoms with Crippen LogP contribution in [0.2, 0.25) is 0 Å². The number of pyridine rings is 1. The highest BCUT2D eigenvalue weighted by Crippen LogP contribution is 2.16. The second-order valence-electron chi connectivity index (χ2n) is 2.23. The number of guanidine groups is 1. The summed E-state index contributed by atoms with van der Waals surface area (Å²) < 4.78 is 0. The van der Waals surface area contributed by atoms with Crippen LogP contribution >= 0.6 is 0 Å². The second kappa shape index (κ2) is 3.53. The number of carboxylic acids is 1. The molecule has 0 amide bonds. The molecule has 0 unspecified atom stereocenters. The summed E-state index contributed by atoms with van der Waals surface area (Å²) >= 11 is 0. The number of aromatic carboxylic acids is 1. The lowest BCUT2D eigenvalue weighted by Crippen LogP contribution is -2.22. The summed E-state index contributed by atoms with van der Waals surface area (Å²) in [7, 11) is 0. The molecular formula is C7H8N4O2. The van der Waals surface area contributed by atoms with E-state index in [1.165, 1.54) is 18.5 Å². The van der Waals surface area contributed by atoms with E-state index in [4.69, 9.17) is 16.6 Å². The Bertz CT molecular complexity index is 357. The molecule has 1 rings (SSSR count). The first-order chi connectivity index (χ1) is 6.11. The minimum absolute atomic E-state index is 0.0170. The molecule has 1 aromatic heterocycles. The van der Waals surface area contributed by atoms with Crippen molar-refractivity contribution in [3.8, 4) is 0 Å². The summed E-state index contributed by atoms with van der Waals surface area (Å²) in [5.41, 5.74) is 10.4. The van der Waals surface area contributed by atoms with Gasteiger partial charge in [0.25, 0.3) is 0 Å². The molecule has 1 heterocycles. The van der Waals surface area contributed by atoms with Crippen LogP contribution in [0.4, 0.5) is 5.69 Å². The zero-order valence-electron chi connectivity index (χ0n) is 6.64. The summed E-state index contributed by atoms with van der Waals surface area (Å²) in [4.78, 5) is 17.9. The Morgan fingerprint density at radius 3 is 2.77 bits per heavy atom. The van der Waals surface area contributed by atoms with Gasteiger partial charge >= 0.3 is 5.97 Å². The number of aliphatic imine (C=N–C) groups is 1. The van der Waals surface area contributed by atoms with Gasteiger partial charge in [-0.1, -0.05) is 0 Å². The number of carbonyl (C=O) groups is 1. The van der Waals surface area contributed by atoms with Gasteiger partial charge in [-0.3, -0.25) is 4.98 Å². The van der Waals surface area contributed by atoms with Crippen LogP contribution in [-0.4, -0.2) is 22.0 Å². The molecule has 0 aliphatic carbocycles. The number of hydrogen-bond donors (Lipinski definition) is 3. The van der Waals surface area contributed by atoms with Gasteiger partial charge in [0.2, 0.25) is 0 Å². The summed E-state index contributed by atoms with van der Waals surface area (Å²) in [6.07, 6.45) is 2.64. The van der Waals surface area contributed by atoms with Crippen molar-refractivity contribution < 1.29 is 9.90 Å². The molecule has 0 bridgehead atoms. The number of hydrogen-bond acceptors (Lipinski definition) is 3. The lowest BCUT2D eigenvalue weighted by atomic mass is 10.2. The van der Waals surface area contributed by atoms with Crippen molar-refractivity contribution in [3.05, 3.63) is 24.0 Å². The molecule has 0 aromatic carbocycles. The molecule has 0 aliphatic rings. The van der Waals surface area contributed by atoms with E-state index in [-0.39, 0.29) is 17.2 Å². The van der Waals surface area contributed by atoms with Crippen molar-refractivity contribution in [2.75, 3.05) is 0 Å². The SMILES string of the molecule is NC(N)=Nc1cnccc1C(=O)O. The Morgan fingerprint density at radius 2 is 2.23 bits per heavy atom. The minimum atomic E-state index is -1.10. The third-order valence-corrected chi connectivity index (χ3v) is 1.28. The van der Waals surface area contributed by atoms with Gasteiger partial charge in [-0.2, -0.15) is 0 Å². The summed E-state index contributed by atoms with van der Waals surface area (Å²) in [6, 6.07) is 1.32. The van der Waals surface area contributed by atoms with Gasteiger partial charge in [-0.15, -0.1) is 0 Å². The van der Waals surface area contributed by atoms with E-state index >= 15 is 0 Å². The molecule has 1 aromatic rings. The van der Waals surface area contributed by atoms with Crippen molar-refractivity contribution in [3.63, 3.8) is 0 Å². The van der Waals surface area contributed by atoms with Gasteiger partial charge in [0.05, 0.1) is 17.4 Å². The van der Waals surface area contributed by atoms with Crippen molar-refractivity contribution in [2.45, 2.75) is 0 Å². The predicted molar refractivity (Wildman–Crippen MR) is 46.7 cm³/mol. The molecular weight excluding hydrogens is 172 g/mol. The van der Waals surface area contributed by atoms with Crippen LogP contribution in [0.5, 0.6) is 0 Å². The van der Waals surface area contributed by atoms with Crippen LogP contribution in [0.15, 0.2) is 23.5 Å². The Labute approximate surface area is 73.9 Å². The van der Waals surface area contributed by atoms with Crippen LogP contribution in [-0.2, 0) is 0 Å². The summed E-state index contributed by atoms with van der Waals surface area (Å²) in [5, 5.41) is 8.70. The molecule has 0 aliphatic heterocycles. The fourth-order valence-corrected chi connectivity index (χ4v) is 0.795. The van der Waals surface area contributed by atoms with Gasteiger partial charge in [0.1, 0.15) is 0 Å². The molecule has 0 saturated heterocycles. The number of rotatable bonds is 2. The maximum absolute atomic E-state index is 10.6. The molecule has 0 saturated carbocycles. The van der Waals surface area contributed by atoms with Crippen LogP contribution in [0.25, 0.3) is 0 Å². The van der Waals surface area contributed by atoms with Crippen LogP contribution in [0.3, 0.4) is 0 Å². The standard InChI is InChI=1S/C7H8N4O2/c8-7(9)11-5-3-10-2-1-4(5)6(12)13/h1-3H,(H,12,13)(H4,8,9,11). The second-order valence-corrected chi connectivity index (χ2v) is 2.23. The van der Waals surface area contributed by atoms with Gasteiger partial charge < -0.3 is 16.6 Å². The van der Waals surface area contributed by atoms with Gasteiger partial charge in [-0.25, -0.2) is 9.79 Å². The molecule has 5 N–H and O–H groups in total. The monoisotopic (exact) mass is 180 g/mol. The highest BCUT2D eigenvalue weighted by atomic mass is 16.4. The predicted octanol–water partition coefficient (Wildman–Crippen LogP) is -0.315. The Kier molecular flexibility index (Phi) is 2.44. The van der Waals surface area contributed by atoms with E-state index in [9.17, 15) is 4.79 Å². The van der Waals surface area contributed by atoms with E-state index in [2.05, 4.69) is 9.98 Å². The number of nitrogens with zero attached hydrogens (tertiary/aromatic N) is 2. The largest absolute Gasteiger partial charge is 0.478 e. The highest BCUT2D eigenvalue weighted by molar-refractivity contribution is 5.94. The molecule has 0 atom stereocenters. The lowest BCUT2D eigenvalue weighted by molar-refractivity contribution is 0.0697. The van der Waals surface area contributed by atoms with E-state index < -0.39 is 5.97 Å². The quantitative estimate of drug-likeness (QED) is 0.426. The van der Waals surface area contributed by atoms with Crippen LogP contribution in [0, 0.1) is 0 Å². The lowest BCUT2D eigenvalue weighted by Gasteiger charge is -1.98. The third-order valence-electron chi connectivity index (χ3n) is 1.28. The number of nitrogens with two attached hydrogens (primary N) is 2. The summed E-state index contributed by atoms with van der Waals surface area (Å²) in [6.45, 7) is 0. The van der Waals surface area contributed by atoms with Crippen molar-refractivity contribution in [1.82, 2.24) is 4.98 Å². The van der Waals surface area contributed by atoms with Gasteiger partial charge in [-0.05, 0) is 6.07 Å². The van der Waals surface area contributed by atoms with Crippen LogP contribution < -0.4 is 11.5 Å². The molecule has 0 fully saturated rings. The van der Waals surface area contributed by atoms with Crippen molar-refractivity contribution in [2.24, 2.45) is 16.5 Å². The molecule has 68 valence electrons. The average Bonchev–Trinajstić information content (AvgIpc) is 2.03. The zero-order chi connectivity index (χ0) is 9.84. The fourth-order valence-electron chi connectivity index (χ4n) is 0.795. The summed E-state index contributed by atoms with van der Waals surface area (Å²) in [5.74, 6) is -1.29. The van der Waals surface area contributed by atoms with Crippen molar-refractivity contribution >= 4 is 17.6 Å². The fraction of sp³-hybridized carbons (Fsp3) is 0. The zero-order valence-corrected chi connectivity index (χ0v) is 6.64.